The molecule has 0 saturated carbocycles. The Labute approximate surface area is 110 Å². The number of aliphatic imine (C=N–C) groups is 1. The number of anilines is 1. The Morgan fingerprint density at radius 2 is 2.11 bits per heavy atom. The zero-order valence-corrected chi connectivity index (χ0v) is 10.4. The lowest BCUT2D eigenvalue weighted by Crippen LogP contribution is -2.43. The summed E-state index contributed by atoms with van der Waals surface area (Å²) < 4.78 is 0. The summed E-state index contributed by atoms with van der Waals surface area (Å²) in [5.74, 6) is 0. The predicted octanol–water partition coefficient (Wildman–Crippen LogP) is 1.80. The molecule has 1 atom stereocenters. The maximum absolute atomic E-state index is 5.46. The topological polar surface area (TPSA) is 62.4 Å². The fourth-order valence-electron chi connectivity index (χ4n) is 2.09. The van der Waals surface area contributed by atoms with Crippen molar-refractivity contribution in [1.82, 2.24) is 5.32 Å². The average Bonchev–Trinajstić information content (AvgIpc) is 2.38. The van der Waals surface area contributed by atoms with Crippen molar-refractivity contribution in [3.63, 3.8) is 0 Å². The molecule has 0 aromatic heterocycles. The van der Waals surface area contributed by atoms with E-state index in [1.165, 1.54) is 5.39 Å². The van der Waals surface area contributed by atoms with Crippen LogP contribution in [0.2, 0.25) is 0 Å². The lowest BCUT2D eigenvalue weighted by atomic mass is 10.0. The summed E-state index contributed by atoms with van der Waals surface area (Å²) in [6, 6.07) is 12.3. The standard InChI is InChI=1S/C13H12N4S/c14-12(18)17-13-15-7-9-6-5-8-3-1-2-4-10(8)11(9)16-13/h1-7,13,16H,(H3,14,17,18). The predicted molar refractivity (Wildman–Crippen MR) is 78.9 cm³/mol. The number of rotatable bonds is 1. The molecule has 1 unspecified atom stereocenters. The van der Waals surface area contributed by atoms with Crippen LogP contribution >= 0.6 is 12.2 Å². The molecule has 90 valence electrons. The van der Waals surface area contributed by atoms with Crippen molar-refractivity contribution in [2.75, 3.05) is 5.32 Å². The molecule has 0 amide bonds. The molecule has 4 nitrogen and oxygen atoms in total. The number of hydrogen-bond donors (Lipinski definition) is 3. The first kappa shape index (κ1) is 11.0. The molecule has 4 N–H and O–H groups in total. The van der Waals surface area contributed by atoms with Gasteiger partial charge in [0.1, 0.15) is 0 Å². The third-order valence-electron chi connectivity index (χ3n) is 2.88. The van der Waals surface area contributed by atoms with Crippen LogP contribution in [0, 0.1) is 0 Å². The average molecular weight is 256 g/mol. The van der Waals surface area contributed by atoms with Crippen LogP contribution < -0.4 is 16.4 Å². The quantitative estimate of drug-likeness (QED) is 0.681. The van der Waals surface area contributed by atoms with Crippen LogP contribution in [0.25, 0.3) is 10.8 Å². The minimum Gasteiger partial charge on any atom is -0.376 e. The van der Waals surface area contributed by atoms with Crippen LogP contribution in [-0.2, 0) is 0 Å². The van der Waals surface area contributed by atoms with Gasteiger partial charge in [-0.3, -0.25) is 0 Å². The third-order valence-corrected chi connectivity index (χ3v) is 3.00. The molecule has 2 aromatic rings. The van der Waals surface area contributed by atoms with Crippen molar-refractivity contribution in [3.05, 3.63) is 42.0 Å². The highest BCUT2D eigenvalue weighted by molar-refractivity contribution is 7.80. The van der Waals surface area contributed by atoms with E-state index in [4.69, 9.17) is 18.0 Å². The number of nitrogens with zero attached hydrogens (tertiary/aromatic N) is 1. The molecule has 1 heterocycles. The Bertz CT molecular complexity index is 650. The summed E-state index contributed by atoms with van der Waals surface area (Å²) in [6.45, 7) is 0. The Morgan fingerprint density at radius 3 is 2.94 bits per heavy atom. The van der Waals surface area contributed by atoms with E-state index in [0.29, 0.717) is 0 Å². The Hall–Kier alpha value is -2.14. The van der Waals surface area contributed by atoms with E-state index in [0.717, 1.165) is 16.6 Å². The van der Waals surface area contributed by atoms with Gasteiger partial charge in [0.25, 0.3) is 0 Å². The molecule has 2 aromatic carbocycles. The molecule has 0 radical (unpaired) electrons. The minimum atomic E-state index is -0.305. The summed E-state index contributed by atoms with van der Waals surface area (Å²) in [5.41, 5.74) is 7.58. The molecule has 18 heavy (non-hydrogen) atoms. The van der Waals surface area contributed by atoms with Crippen molar-refractivity contribution in [1.29, 1.82) is 0 Å². The van der Waals surface area contributed by atoms with Crippen LogP contribution in [0.5, 0.6) is 0 Å². The van der Waals surface area contributed by atoms with Crippen LogP contribution in [0.4, 0.5) is 5.69 Å². The second-order valence-corrected chi connectivity index (χ2v) is 4.52. The fraction of sp³-hybridized carbons (Fsp3) is 0.0769. The van der Waals surface area contributed by atoms with E-state index in [-0.39, 0.29) is 11.4 Å². The number of fused-ring (bicyclic) bond motifs is 3. The Morgan fingerprint density at radius 1 is 1.28 bits per heavy atom. The van der Waals surface area contributed by atoms with E-state index in [1.54, 1.807) is 0 Å². The van der Waals surface area contributed by atoms with Crippen LogP contribution in [-0.4, -0.2) is 17.6 Å². The SMILES string of the molecule is NC(=S)NC1N=Cc2ccc3ccccc3c2N1. The maximum atomic E-state index is 5.46. The molecular formula is C13H12N4S. The van der Waals surface area contributed by atoms with Gasteiger partial charge in [-0.25, -0.2) is 4.99 Å². The molecule has 0 aliphatic carbocycles. The normalized spacial score (nSPS) is 17.0. The second-order valence-electron chi connectivity index (χ2n) is 4.08. The van der Waals surface area contributed by atoms with Crippen molar-refractivity contribution < 1.29 is 0 Å². The first-order valence-corrected chi connectivity index (χ1v) is 6.02. The molecule has 0 bridgehead atoms. The number of benzene rings is 2. The fourth-order valence-corrected chi connectivity index (χ4v) is 2.21. The molecule has 0 spiro atoms. The lowest BCUT2D eigenvalue weighted by molar-refractivity contribution is 0.718. The monoisotopic (exact) mass is 256 g/mol. The van der Waals surface area contributed by atoms with Gasteiger partial charge in [-0.2, -0.15) is 0 Å². The van der Waals surface area contributed by atoms with Gasteiger partial charge in [-0.1, -0.05) is 36.4 Å². The first-order chi connectivity index (χ1) is 8.74. The minimum absolute atomic E-state index is 0.230. The highest BCUT2D eigenvalue weighted by Crippen LogP contribution is 2.28. The zero-order chi connectivity index (χ0) is 12.5. The summed E-state index contributed by atoms with van der Waals surface area (Å²) in [4.78, 5) is 4.30. The Balaban J connectivity index is 2.07. The number of hydrogen-bond acceptors (Lipinski definition) is 3. The van der Waals surface area contributed by atoms with Crippen molar-refractivity contribution in [2.45, 2.75) is 6.29 Å². The number of nitrogens with one attached hydrogen (secondary N) is 2. The van der Waals surface area contributed by atoms with E-state index in [2.05, 4.69) is 33.8 Å². The molecule has 0 saturated heterocycles. The highest BCUT2D eigenvalue weighted by atomic mass is 32.1. The largest absolute Gasteiger partial charge is 0.376 e. The lowest BCUT2D eigenvalue weighted by Gasteiger charge is -2.23. The molecule has 0 fully saturated rings. The summed E-state index contributed by atoms with van der Waals surface area (Å²) in [6.07, 6.45) is 1.52. The third kappa shape index (κ3) is 1.89. The van der Waals surface area contributed by atoms with Crippen LogP contribution in [0.1, 0.15) is 5.56 Å². The smallest absolute Gasteiger partial charge is 0.195 e. The van der Waals surface area contributed by atoms with Gasteiger partial charge in [0, 0.05) is 17.2 Å². The van der Waals surface area contributed by atoms with Gasteiger partial charge in [-0.05, 0) is 17.6 Å². The van der Waals surface area contributed by atoms with Crippen molar-refractivity contribution in [2.24, 2.45) is 10.7 Å². The summed E-state index contributed by atoms with van der Waals surface area (Å²) in [7, 11) is 0. The maximum Gasteiger partial charge on any atom is 0.195 e. The van der Waals surface area contributed by atoms with Gasteiger partial charge < -0.3 is 16.4 Å². The van der Waals surface area contributed by atoms with Gasteiger partial charge >= 0.3 is 0 Å². The Kier molecular flexibility index (Phi) is 2.60. The van der Waals surface area contributed by atoms with E-state index in [9.17, 15) is 0 Å². The van der Waals surface area contributed by atoms with Gasteiger partial charge in [-0.15, -0.1) is 0 Å². The van der Waals surface area contributed by atoms with E-state index in [1.807, 2.05) is 24.4 Å². The second kappa shape index (κ2) is 4.27. The zero-order valence-electron chi connectivity index (χ0n) is 9.55. The summed E-state index contributed by atoms with van der Waals surface area (Å²) >= 11 is 4.82. The highest BCUT2D eigenvalue weighted by Gasteiger charge is 2.15. The number of nitrogens with two attached hydrogens (primary N) is 1. The van der Waals surface area contributed by atoms with E-state index >= 15 is 0 Å². The van der Waals surface area contributed by atoms with Gasteiger partial charge in [0.15, 0.2) is 11.4 Å². The van der Waals surface area contributed by atoms with Crippen LogP contribution in [0.15, 0.2) is 41.4 Å². The first-order valence-electron chi connectivity index (χ1n) is 5.61. The molecule has 3 rings (SSSR count). The van der Waals surface area contributed by atoms with Crippen molar-refractivity contribution in [3.8, 4) is 0 Å². The van der Waals surface area contributed by atoms with E-state index < -0.39 is 0 Å². The van der Waals surface area contributed by atoms with Gasteiger partial charge in [0.2, 0.25) is 0 Å². The van der Waals surface area contributed by atoms with Gasteiger partial charge in [0.05, 0.1) is 5.69 Å². The molecule has 5 heteroatoms. The van der Waals surface area contributed by atoms with Crippen LogP contribution in [0.3, 0.4) is 0 Å². The molecule has 1 aliphatic rings. The molecule has 1 aliphatic heterocycles. The molecular weight excluding hydrogens is 244 g/mol. The summed E-state index contributed by atoms with van der Waals surface area (Å²) in [5, 5.41) is 8.76. The van der Waals surface area contributed by atoms with Crippen molar-refractivity contribution >= 4 is 40.0 Å². The number of thiocarbonyl (C=S) groups is 1.